The fourth-order valence-corrected chi connectivity index (χ4v) is 2.36. The van der Waals surface area contributed by atoms with E-state index in [0.717, 1.165) is 11.1 Å². The molecular formula is C16H12ClFN2O. The third-order valence-corrected chi connectivity index (χ3v) is 3.56. The lowest BCUT2D eigenvalue weighted by molar-refractivity contribution is 0.439. The molecule has 0 aliphatic heterocycles. The highest BCUT2D eigenvalue weighted by Gasteiger charge is 2.19. The third kappa shape index (κ3) is 2.50. The Bertz CT molecular complexity index is 797. The SMILES string of the molecule is Cc1ccc(F)cc1-c1noc(N)c1-c1ccc(Cl)cc1. The van der Waals surface area contributed by atoms with Gasteiger partial charge in [-0.15, -0.1) is 0 Å². The lowest BCUT2D eigenvalue weighted by Gasteiger charge is -2.06. The second kappa shape index (κ2) is 5.22. The maximum atomic E-state index is 13.5. The topological polar surface area (TPSA) is 52.0 Å². The van der Waals surface area contributed by atoms with Gasteiger partial charge in [-0.1, -0.05) is 35.0 Å². The third-order valence-electron chi connectivity index (χ3n) is 3.31. The van der Waals surface area contributed by atoms with Crippen molar-refractivity contribution in [3.05, 3.63) is 58.9 Å². The first kappa shape index (κ1) is 13.6. The number of rotatable bonds is 2. The van der Waals surface area contributed by atoms with Crippen LogP contribution >= 0.6 is 11.6 Å². The number of hydrogen-bond acceptors (Lipinski definition) is 3. The van der Waals surface area contributed by atoms with Crippen molar-refractivity contribution in [3.63, 3.8) is 0 Å². The molecule has 0 saturated carbocycles. The smallest absolute Gasteiger partial charge is 0.230 e. The molecule has 0 bridgehead atoms. The van der Waals surface area contributed by atoms with Crippen molar-refractivity contribution in [2.24, 2.45) is 0 Å². The van der Waals surface area contributed by atoms with E-state index in [2.05, 4.69) is 5.16 Å². The number of aromatic nitrogens is 1. The van der Waals surface area contributed by atoms with Crippen molar-refractivity contribution in [2.75, 3.05) is 5.73 Å². The number of aryl methyl sites for hydroxylation is 1. The van der Waals surface area contributed by atoms with Crippen LogP contribution in [-0.4, -0.2) is 5.16 Å². The fraction of sp³-hybridized carbons (Fsp3) is 0.0625. The molecule has 0 atom stereocenters. The monoisotopic (exact) mass is 302 g/mol. The van der Waals surface area contributed by atoms with E-state index in [1.807, 2.05) is 19.1 Å². The second-order valence-corrected chi connectivity index (χ2v) is 5.17. The highest BCUT2D eigenvalue weighted by atomic mass is 35.5. The fourth-order valence-electron chi connectivity index (χ4n) is 2.23. The van der Waals surface area contributed by atoms with Gasteiger partial charge < -0.3 is 10.3 Å². The standard InChI is InChI=1S/C16H12ClFN2O/c1-9-2-7-12(18)8-13(9)15-14(16(19)21-20-15)10-3-5-11(17)6-4-10/h2-8H,19H2,1H3. The van der Waals surface area contributed by atoms with Crippen LogP contribution in [0.4, 0.5) is 10.3 Å². The van der Waals surface area contributed by atoms with Gasteiger partial charge in [-0.2, -0.15) is 0 Å². The van der Waals surface area contributed by atoms with Crippen LogP contribution in [0.5, 0.6) is 0 Å². The average molecular weight is 303 g/mol. The summed E-state index contributed by atoms with van der Waals surface area (Å²) in [5.74, 6) is -0.143. The Balaban J connectivity index is 2.21. The summed E-state index contributed by atoms with van der Waals surface area (Å²) < 4.78 is 18.6. The molecule has 3 aromatic rings. The molecular weight excluding hydrogens is 291 g/mol. The summed E-state index contributed by atoms with van der Waals surface area (Å²) in [6.45, 7) is 1.88. The van der Waals surface area contributed by atoms with Gasteiger partial charge in [0.1, 0.15) is 11.5 Å². The van der Waals surface area contributed by atoms with Crippen molar-refractivity contribution in [1.82, 2.24) is 5.16 Å². The van der Waals surface area contributed by atoms with Gasteiger partial charge in [0.05, 0.1) is 5.56 Å². The summed E-state index contributed by atoms with van der Waals surface area (Å²) in [4.78, 5) is 0. The summed E-state index contributed by atoms with van der Waals surface area (Å²) >= 11 is 5.90. The molecule has 2 N–H and O–H groups in total. The molecule has 1 aromatic heterocycles. The molecule has 5 heteroatoms. The average Bonchev–Trinajstić information content (AvgIpc) is 2.84. The van der Waals surface area contributed by atoms with Crippen LogP contribution in [0.2, 0.25) is 5.02 Å². The van der Waals surface area contributed by atoms with Crippen LogP contribution in [-0.2, 0) is 0 Å². The highest BCUT2D eigenvalue weighted by Crippen LogP contribution is 2.37. The Morgan fingerprint density at radius 3 is 2.57 bits per heavy atom. The largest absolute Gasteiger partial charge is 0.367 e. The minimum Gasteiger partial charge on any atom is -0.367 e. The minimum atomic E-state index is -0.334. The number of benzene rings is 2. The predicted molar refractivity (Wildman–Crippen MR) is 81.5 cm³/mol. The summed E-state index contributed by atoms with van der Waals surface area (Å²) in [7, 11) is 0. The van der Waals surface area contributed by atoms with Gasteiger partial charge in [0, 0.05) is 10.6 Å². The molecule has 0 spiro atoms. The molecule has 0 unspecified atom stereocenters. The van der Waals surface area contributed by atoms with E-state index in [4.69, 9.17) is 21.9 Å². The van der Waals surface area contributed by atoms with E-state index in [9.17, 15) is 4.39 Å². The molecule has 21 heavy (non-hydrogen) atoms. The molecule has 0 aliphatic rings. The van der Waals surface area contributed by atoms with E-state index in [1.54, 1.807) is 18.2 Å². The van der Waals surface area contributed by atoms with Crippen LogP contribution < -0.4 is 5.73 Å². The minimum absolute atomic E-state index is 0.191. The lowest BCUT2D eigenvalue weighted by atomic mass is 9.98. The van der Waals surface area contributed by atoms with Crippen molar-refractivity contribution in [2.45, 2.75) is 6.92 Å². The second-order valence-electron chi connectivity index (χ2n) is 4.74. The molecule has 0 aliphatic carbocycles. The zero-order valence-corrected chi connectivity index (χ0v) is 12.0. The number of nitrogens with zero attached hydrogens (tertiary/aromatic N) is 1. The highest BCUT2D eigenvalue weighted by molar-refractivity contribution is 6.30. The Hall–Kier alpha value is -2.33. The summed E-state index contributed by atoms with van der Waals surface area (Å²) in [6.07, 6.45) is 0. The molecule has 3 rings (SSSR count). The number of nitrogen functional groups attached to an aromatic ring is 1. The van der Waals surface area contributed by atoms with Crippen LogP contribution in [0, 0.1) is 12.7 Å². The summed E-state index contributed by atoms with van der Waals surface area (Å²) in [6, 6.07) is 11.7. The van der Waals surface area contributed by atoms with Crippen LogP contribution in [0.3, 0.4) is 0 Å². The quantitative estimate of drug-likeness (QED) is 0.747. The van der Waals surface area contributed by atoms with E-state index in [0.29, 0.717) is 21.8 Å². The number of halogens is 2. The van der Waals surface area contributed by atoms with Crippen LogP contribution in [0.1, 0.15) is 5.56 Å². The van der Waals surface area contributed by atoms with Gasteiger partial charge in [0.15, 0.2) is 0 Å². The first-order valence-corrected chi connectivity index (χ1v) is 6.71. The van der Waals surface area contributed by atoms with Crippen molar-refractivity contribution in [3.8, 4) is 22.4 Å². The van der Waals surface area contributed by atoms with E-state index >= 15 is 0 Å². The maximum absolute atomic E-state index is 13.5. The Morgan fingerprint density at radius 1 is 1.14 bits per heavy atom. The molecule has 106 valence electrons. The normalized spacial score (nSPS) is 10.8. The summed E-state index contributed by atoms with van der Waals surface area (Å²) in [5, 5.41) is 4.61. The predicted octanol–water partition coefficient (Wildman–Crippen LogP) is 4.69. The molecule has 3 nitrogen and oxygen atoms in total. The van der Waals surface area contributed by atoms with Gasteiger partial charge in [-0.05, 0) is 42.3 Å². The molecule has 0 saturated heterocycles. The zero-order valence-electron chi connectivity index (χ0n) is 11.2. The van der Waals surface area contributed by atoms with Gasteiger partial charge >= 0.3 is 0 Å². The van der Waals surface area contributed by atoms with E-state index in [1.165, 1.54) is 12.1 Å². The Labute approximate surface area is 126 Å². The first-order valence-electron chi connectivity index (χ1n) is 6.34. The van der Waals surface area contributed by atoms with Crippen molar-refractivity contribution >= 4 is 17.5 Å². The van der Waals surface area contributed by atoms with Crippen molar-refractivity contribution in [1.29, 1.82) is 0 Å². The molecule has 2 aromatic carbocycles. The van der Waals surface area contributed by atoms with Crippen molar-refractivity contribution < 1.29 is 8.91 Å². The van der Waals surface area contributed by atoms with E-state index < -0.39 is 0 Å². The Morgan fingerprint density at radius 2 is 1.86 bits per heavy atom. The molecule has 0 amide bonds. The van der Waals surface area contributed by atoms with E-state index in [-0.39, 0.29) is 11.7 Å². The molecule has 1 heterocycles. The first-order chi connectivity index (χ1) is 10.1. The lowest BCUT2D eigenvalue weighted by Crippen LogP contribution is -1.90. The zero-order chi connectivity index (χ0) is 15.0. The molecule has 0 fully saturated rings. The maximum Gasteiger partial charge on any atom is 0.230 e. The van der Waals surface area contributed by atoms with Gasteiger partial charge in [-0.25, -0.2) is 4.39 Å². The molecule has 0 radical (unpaired) electrons. The Kier molecular flexibility index (Phi) is 3.39. The van der Waals surface area contributed by atoms with Gasteiger partial charge in [0.2, 0.25) is 5.88 Å². The van der Waals surface area contributed by atoms with Gasteiger partial charge in [-0.3, -0.25) is 0 Å². The number of hydrogen-bond donors (Lipinski definition) is 1. The van der Waals surface area contributed by atoms with Crippen LogP contribution in [0.15, 0.2) is 47.0 Å². The van der Waals surface area contributed by atoms with Gasteiger partial charge in [0.25, 0.3) is 0 Å². The number of nitrogens with two attached hydrogens (primary N) is 1. The van der Waals surface area contributed by atoms with Crippen LogP contribution in [0.25, 0.3) is 22.4 Å². The number of anilines is 1. The summed E-state index contributed by atoms with van der Waals surface area (Å²) in [5.41, 5.74) is 9.40.